The fourth-order valence-electron chi connectivity index (χ4n) is 1.77. The lowest BCUT2D eigenvalue weighted by molar-refractivity contribution is -0.150. The number of rotatable bonds is 6. The van der Waals surface area contributed by atoms with Gasteiger partial charge in [0.25, 0.3) is 5.91 Å². The van der Waals surface area contributed by atoms with E-state index in [-0.39, 0.29) is 5.75 Å². The van der Waals surface area contributed by atoms with E-state index in [1.807, 2.05) is 30.3 Å². The Labute approximate surface area is 154 Å². The minimum absolute atomic E-state index is 0.128. The van der Waals surface area contributed by atoms with Crippen molar-refractivity contribution in [1.29, 1.82) is 0 Å². The van der Waals surface area contributed by atoms with Crippen molar-refractivity contribution >= 4 is 52.5 Å². The fourth-order valence-corrected chi connectivity index (χ4v) is 2.93. The minimum Gasteiger partial charge on any atom is -0.452 e. The molecule has 4 nitrogen and oxygen atoms in total. The van der Waals surface area contributed by atoms with Gasteiger partial charge in [0.15, 0.2) is 6.10 Å². The molecule has 0 radical (unpaired) electrons. The van der Waals surface area contributed by atoms with E-state index in [9.17, 15) is 9.59 Å². The molecular weight excluding hydrogens is 369 g/mol. The van der Waals surface area contributed by atoms with Crippen LogP contribution in [-0.4, -0.2) is 23.7 Å². The van der Waals surface area contributed by atoms with Gasteiger partial charge in [-0.3, -0.25) is 9.59 Å². The van der Waals surface area contributed by atoms with Crippen molar-refractivity contribution in [2.45, 2.75) is 17.9 Å². The van der Waals surface area contributed by atoms with E-state index in [4.69, 9.17) is 27.9 Å². The van der Waals surface area contributed by atoms with E-state index in [1.54, 1.807) is 12.1 Å². The molecule has 0 saturated carbocycles. The van der Waals surface area contributed by atoms with E-state index >= 15 is 0 Å². The molecular formula is C17H15Cl2NO3S. The Morgan fingerprint density at radius 2 is 1.88 bits per heavy atom. The summed E-state index contributed by atoms with van der Waals surface area (Å²) in [4.78, 5) is 24.9. The quantitative estimate of drug-likeness (QED) is 0.582. The van der Waals surface area contributed by atoms with Gasteiger partial charge in [-0.15, -0.1) is 11.8 Å². The maximum absolute atomic E-state index is 12.1. The summed E-state index contributed by atoms with van der Waals surface area (Å²) < 4.78 is 5.13. The predicted molar refractivity (Wildman–Crippen MR) is 97.8 cm³/mol. The molecule has 0 aromatic heterocycles. The average Bonchev–Trinajstić information content (AvgIpc) is 2.56. The number of ether oxygens (including phenoxy) is 1. The van der Waals surface area contributed by atoms with Gasteiger partial charge < -0.3 is 10.1 Å². The SMILES string of the molecule is C[C@H](OC(=O)CSc1ccccc1)C(=O)Nc1ccc(Cl)cc1Cl. The van der Waals surface area contributed by atoms with Crippen molar-refractivity contribution in [1.82, 2.24) is 0 Å². The van der Waals surface area contributed by atoms with Gasteiger partial charge in [-0.2, -0.15) is 0 Å². The standard InChI is InChI=1S/C17H15Cl2NO3S/c1-11(17(22)20-15-8-7-12(18)9-14(15)19)23-16(21)10-24-13-5-3-2-4-6-13/h2-9,11H,10H2,1H3,(H,20,22)/t11-/m0/s1. The van der Waals surface area contributed by atoms with Crippen molar-refractivity contribution in [2.24, 2.45) is 0 Å². The third-order valence-corrected chi connectivity index (χ3v) is 4.50. The van der Waals surface area contributed by atoms with Crippen LogP contribution in [0.4, 0.5) is 5.69 Å². The summed E-state index contributed by atoms with van der Waals surface area (Å²) >= 11 is 13.1. The maximum Gasteiger partial charge on any atom is 0.317 e. The predicted octanol–water partition coefficient (Wildman–Crippen LogP) is 4.66. The highest BCUT2D eigenvalue weighted by atomic mass is 35.5. The van der Waals surface area contributed by atoms with Crippen LogP contribution in [0.25, 0.3) is 0 Å². The third-order valence-electron chi connectivity index (χ3n) is 2.97. The lowest BCUT2D eigenvalue weighted by atomic mass is 10.3. The molecule has 1 atom stereocenters. The van der Waals surface area contributed by atoms with Gasteiger partial charge in [0.05, 0.1) is 16.5 Å². The van der Waals surface area contributed by atoms with E-state index in [0.717, 1.165) is 4.90 Å². The molecule has 0 bridgehead atoms. The van der Waals surface area contributed by atoms with Crippen LogP contribution in [0.5, 0.6) is 0 Å². The molecule has 126 valence electrons. The molecule has 7 heteroatoms. The summed E-state index contributed by atoms with van der Waals surface area (Å²) in [6, 6.07) is 14.2. The maximum atomic E-state index is 12.1. The van der Waals surface area contributed by atoms with Crippen LogP contribution >= 0.6 is 35.0 Å². The highest BCUT2D eigenvalue weighted by Crippen LogP contribution is 2.25. The van der Waals surface area contributed by atoms with Gasteiger partial charge in [-0.1, -0.05) is 41.4 Å². The second kappa shape index (κ2) is 8.97. The van der Waals surface area contributed by atoms with E-state index in [0.29, 0.717) is 15.7 Å². The molecule has 2 aromatic carbocycles. The smallest absolute Gasteiger partial charge is 0.317 e. The van der Waals surface area contributed by atoms with Crippen LogP contribution in [0.2, 0.25) is 10.0 Å². The van der Waals surface area contributed by atoms with E-state index in [1.165, 1.54) is 24.8 Å². The number of amides is 1. The molecule has 1 N–H and O–H groups in total. The first kappa shape index (κ1) is 18.6. The lowest BCUT2D eigenvalue weighted by Gasteiger charge is -2.14. The second-order valence-corrected chi connectivity index (χ2v) is 6.74. The van der Waals surface area contributed by atoms with Crippen LogP contribution in [0.3, 0.4) is 0 Å². The number of carbonyl (C=O) groups excluding carboxylic acids is 2. The van der Waals surface area contributed by atoms with Crippen LogP contribution < -0.4 is 5.32 Å². The summed E-state index contributed by atoms with van der Waals surface area (Å²) in [5.74, 6) is -0.797. The number of esters is 1. The summed E-state index contributed by atoms with van der Waals surface area (Å²) in [7, 11) is 0. The molecule has 0 aliphatic heterocycles. The Kier molecular flexibility index (Phi) is 6.97. The van der Waals surface area contributed by atoms with E-state index < -0.39 is 18.0 Å². The first-order valence-electron chi connectivity index (χ1n) is 7.09. The molecule has 0 unspecified atom stereocenters. The molecule has 1 amide bonds. The Balaban J connectivity index is 1.83. The summed E-state index contributed by atoms with van der Waals surface area (Å²) in [6.45, 7) is 1.50. The number of thioether (sulfide) groups is 1. The molecule has 2 rings (SSSR count). The number of halogens is 2. The van der Waals surface area contributed by atoms with Crippen molar-refractivity contribution in [3.05, 3.63) is 58.6 Å². The third kappa shape index (κ3) is 5.74. The number of benzene rings is 2. The monoisotopic (exact) mass is 383 g/mol. The van der Waals surface area contributed by atoms with Crippen LogP contribution in [0, 0.1) is 0 Å². The zero-order chi connectivity index (χ0) is 17.5. The molecule has 0 aliphatic rings. The second-order valence-electron chi connectivity index (χ2n) is 4.85. The van der Waals surface area contributed by atoms with Gasteiger partial charge in [0.1, 0.15) is 0 Å². The Morgan fingerprint density at radius 3 is 2.54 bits per heavy atom. The van der Waals surface area contributed by atoms with Gasteiger partial charge in [0.2, 0.25) is 0 Å². The molecule has 24 heavy (non-hydrogen) atoms. The van der Waals surface area contributed by atoms with Crippen LogP contribution in [0.1, 0.15) is 6.92 Å². The van der Waals surface area contributed by atoms with Crippen molar-refractivity contribution in [3.8, 4) is 0 Å². The normalized spacial score (nSPS) is 11.6. The molecule has 0 spiro atoms. The fraction of sp³-hybridized carbons (Fsp3) is 0.176. The highest BCUT2D eigenvalue weighted by molar-refractivity contribution is 8.00. The van der Waals surface area contributed by atoms with E-state index in [2.05, 4.69) is 5.32 Å². The summed E-state index contributed by atoms with van der Waals surface area (Å²) in [5.41, 5.74) is 0.410. The number of anilines is 1. The molecule has 0 aliphatic carbocycles. The van der Waals surface area contributed by atoms with Crippen molar-refractivity contribution in [3.63, 3.8) is 0 Å². The summed E-state index contributed by atoms with van der Waals surface area (Å²) in [5, 5.41) is 3.38. The van der Waals surface area contributed by atoms with Crippen LogP contribution in [0.15, 0.2) is 53.4 Å². The molecule has 0 heterocycles. The number of nitrogens with one attached hydrogen (secondary N) is 1. The number of carbonyl (C=O) groups is 2. The van der Waals surface area contributed by atoms with Crippen molar-refractivity contribution < 1.29 is 14.3 Å². The first-order valence-corrected chi connectivity index (χ1v) is 8.83. The molecule has 0 saturated heterocycles. The Bertz CT molecular complexity index is 725. The van der Waals surface area contributed by atoms with Crippen LogP contribution in [-0.2, 0) is 14.3 Å². The summed E-state index contributed by atoms with van der Waals surface area (Å²) in [6.07, 6.45) is -0.930. The minimum atomic E-state index is -0.930. The number of hydrogen-bond donors (Lipinski definition) is 1. The van der Waals surface area contributed by atoms with Gasteiger partial charge in [-0.05, 0) is 37.3 Å². The zero-order valence-electron chi connectivity index (χ0n) is 12.8. The average molecular weight is 384 g/mol. The van der Waals surface area contributed by atoms with Crippen molar-refractivity contribution in [2.75, 3.05) is 11.1 Å². The molecule has 0 fully saturated rings. The Morgan fingerprint density at radius 1 is 1.17 bits per heavy atom. The van der Waals surface area contributed by atoms with Gasteiger partial charge in [-0.25, -0.2) is 0 Å². The number of hydrogen-bond acceptors (Lipinski definition) is 4. The largest absolute Gasteiger partial charge is 0.452 e. The topological polar surface area (TPSA) is 55.4 Å². The Hall–Kier alpha value is -1.69. The lowest BCUT2D eigenvalue weighted by Crippen LogP contribution is -2.30. The first-order chi connectivity index (χ1) is 11.5. The highest BCUT2D eigenvalue weighted by Gasteiger charge is 2.19. The zero-order valence-corrected chi connectivity index (χ0v) is 15.1. The molecule has 2 aromatic rings. The van der Waals surface area contributed by atoms with Gasteiger partial charge >= 0.3 is 5.97 Å². The van der Waals surface area contributed by atoms with Gasteiger partial charge in [0, 0.05) is 9.92 Å².